The zero-order chi connectivity index (χ0) is 15.2. The van der Waals surface area contributed by atoms with Crippen LogP contribution in [0.2, 0.25) is 0 Å². The van der Waals surface area contributed by atoms with Crippen molar-refractivity contribution < 1.29 is 10.2 Å². The minimum Gasteiger partial charge on any atom is -0.508 e. The molecule has 21 heavy (non-hydrogen) atoms. The minimum absolute atomic E-state index is 0.0239. The third-order valence-corrected chi connectivity index (χ3v) is 3.45. The van der Waals surface area contributed by atoms with Crippen molar-refractivity contribution in [2.24, 2.45) is 0 Å². The molecular formula is C17H18N2O2. The Morgan fingerprint density at radius 2 is 1.71 bits per heavy atom. The summed E-state index contributed by atoms with van der Waals surface area (Å²) in [7, 11) is 0. The van der Waals surface area contributed by atoms with Gasteiger partial charge in [0.1, 0.15) is 17.3 Å². The number of aromatic hydroxyl groups is 2. The standard InChI is InChI=1S/C17H18N2O2/c1-17(2,3)19-14-7-5-4-6-13(14)18-16(19)12-9-8-11(20)10-15(12)21/h4-10,20-21H,1-3H3. The normalized spacial score (nSPS) is 12.0. The summed E-state index contributed by atoms with van der Waals surface area (Å²) in [5.74, 6) is 0.756. The lowest BCUT2D eigenvalue weighted by molar-refractivity contribution is 0.411. The first-order valence-electron chi connectivity index (χ1n) is 6.88. The van der Waals surface area contributed by atoms with Crippen LogP contribution >= 0.6 is 0 Å². The van der Waals surface area contributed by atoms with Crippen LogP contribution in [0.1, 0.15) is 20.8 Å². The number of hydrogen-bond donors (Lipinski definition) is 2. The van der Waals surface area contributed by atoms with Crippen LogP contribution in [0.3, 0.4) is 0 Å². The SMILES string of the molecule is CC(C)(C)n1c(-c2ccc(O)cc2O)nc2ccccc21. The quantitative estimate of drug-likeness (QED) is 0.712. The molecule has 0 radical (unpaired) electrons. The first-order valence-corrected chi connectivity index (χ1v) is 6.88. The van der Waals surface area contributed by atoms with Crippen molar-refractivity contribution in [1.29, 1.82) is 0 Å². The zero-order valence-electron chi connectivity index (χ0n) is 12.3. The van der Waals surface area contributed by atoms with Crippen molar-refractivity contribution >= 4 is 11.0 Å². The number of aromatic nitrogens is 2. The van der Waals surface area contributed by atoms with E-state index < -0.39 is 0 Å². The Bertz CT molecular complexity index is 813. The first kappa shape index (κ1) is 13.5. The van der Waals surface area contributed by atoms with E-state index in [4.69, 9.17) is 0 Å². The maximum absolute atomic E-state index is 10.1. The highest BCUT2D eigenvalue weighted by atomic mass is 16.3. The van der Waals surface area contributed by atoms with Gasteiger partial charge in [-0.1, -0.05) is 12.1 Å². The van der Waals surface area contributed by atoms with E-state index in [0.29, 0.717) is 11.4 Å². The molecule has 0 amide bonds. The van der Waals surface area contributed by atoms with Gasteiger partial charge in [0.15, 0.2) is 0 Å². The van der Waals surface area contributed by atoms with Gasteiger partial charge in [-0.25, -0.2) is 4.98 Å². The Labute approximate surface area is 123 Å². The molecule has 3 aromatic rings. The fourth-order valence-electron chi connectivity index (χ4n) is 2.59. The summed E-state index contributed by atoms with van der Waals surface area (Å²) in [6.07, 6.45) is 0. The first-order chi connectivity index (χ1) is 9.88. The highest BCUT2D eigenvalue weighted by molar-refractivity contribution is 5.82. The van der Waals surface area contributed by atoms with Gasteiger partial charge >= 0.3 is 0 Å². The third-order valence-electron chi connectivity index (χ3n) is 3.45. The van der Waals surface area contributed by atoms with E-state index in [1.54, 1.807) is 12.1 Å². The molecule has 0 atom stereocenters. The molecule has 0 aliphatic heterocycles. The Morgan fingerprint density at radius 1 is 1.00 bits per heavy atom. The average molecular weight is 282 g/mol. The van der Waals surface area contributed by atoms with Crippen LogP contribution < -0.4 is 0 Å². The molecule has 1 heterocycles. The molecule has 4 heteroatoms. The van der Waals surface area contributed by atoms with Crippen LogP contribution in [0, 0.1) is 0 Å². The molecule has 1 aromatic heterocycles. The molecule has 0 saturated carbocycles. The molecule has 3 rings (SSSR count). The van der Waals surface area contributed by atoms with Crippen molar-refractivity contribution in [3.05, 3.63) is 42.5 Å². The van der Waals surface area contributed by atoms with Crippen LogP contribution in [-0.4, -0.2) is 19.8 Å². The fourth-order valence-corrected chi connectivity index (χ4v) is 2.59. The molecule has 0 saturated heterocycles. The van der Waals surface area contributed by atoms with E-state index in [2.05, 4.69) is 30.3 Å². The second kappa shape index (κ2) is 4.52. The van der Waals surface area contributed by atoms with Crippen LogP contribution in [-0.2, 0) is 5.54 Å². The van der Waals surface area contributed by atoms with Crippen molar-refractivity contribution in [3.63, 3.8) is 0 Å². The van der Waals surface area contributed by atoms with Gasteiger partial charge < -0.3 is 14.8 Å². The van der Waals surface area contributed by atoms with Gasteiger partial charge in [0.2, 0.25) is 0 Å². The Morgan fingerprint density at radius 3 is 2.38 bits per heavy atom. The van der Waals surface area contributed by atoms with Gasteiger partial charge in [-0.15, -0.1) is 0 Å². The lowest BCUT2D eigenvalue weighted by atomic mass is 10.1. The van der Waals surface area contributed by atoms with E-state index in [0.717, 1.165) is 11.0 Å². The number of phenolic OH excluding ortho intramolecular Hbond substituents is 2. The topological polar surface area (TPSA) is 58.3 Å². The van der Waals surface area contributed by atoms with Gasteiger partial charge in [0, 0.05) is 11.6 Å². The van der Waals surface area contributed by atoms with Crippen LogP contribution in [0.15, 0.2) is 42.5 Å². The van der Waals surface area contributed by atoms with E-state index in [-0.39, 0.29) is 17.0 Å². The second-order valence-electron chi connectivity index (χ2n) is 6.13. The second-order valence-corrected chi connectivity index (χ2v) is 6.13. The maximum atomic E-state index is 10.1. The predicted octanol–water partition coefficient (Wildman–Crippen LogP) is 3.87. The molecule has 108 valence electrons. The number of imidazole rings is 1. The molecule has 0 aliphatic carbocycles. The summed E-state index contributed by atoms with van der Waals surface area (Å²) in [5, 5.41) is 19.6. The largest absolute Gasteiger partial charge is 0.508 e. The smallest absolute Gasteiger partial charge is 0.145 e. The summed E-state index contributed by atoms with van der Waals surface area (Å²) in [4.78, 5) is 4.66. The van der Waals surface area contributed by atoms with Crippen LogP contribution in [0.5, 0.6) is 11.5 Å². The summed E-state index contributed by atoms with van der Waals surface area (Å²) < 4.78 is 2.11. The van der Waals surface area contributed by atoms with Crippen molar-refractivity contribution in [2.75, 3.05) is 0 Å². The monoisotopic (exact) mass is 282 g/mol. The van der Waals surface area contributed by atoms with E-state index >= 15 is 0 Å². The molecule has 0 aliphatic rings. The van der Waals surface area contributed by atoms with Crippen molar-refractivity contribution in [2.45, 2.75) is 26.3 Å². The van der Waals surface area contributed by atoms with Crippen molar-refractivity contribution in [1.82, 2.24) is 9.55 Å². The zero-order valence-corrected chi connectivity index (χ0v) is 12.3. The number of fused-ring (bicyclic) bond motifs is 1. The number of hydrogen-bond acceptors (Lipinski definition) is 3. The maximum Gasteiger partial charge on any atom is 0.145 e. The molecule has 0 fully saturated rings. The van der Waals surface area contributed by atoms with Crippen molar-refractivity contribution in [3.8, 4) is 22.9 Å². The lowest BCUT2D eigenvalue weighted by Gasteiger charge is -2.25. The minimum atomic E-state index is -0.185. The van der Waals surface area contributed by atoms with E-state index in [1.807, 2.05) is 24.3 Å². The summed E-state index contributed by atoms with van der Waals surface area (Å²) in [6.45, 7) is 6.30. The molecule has 0 bridgehead atoms. The van der Waals surface area contributed by atoms with Gasteiger partial charge in [-0.05, 0) is 45.0 Å². The Hall–Kier alpha value is -2.49. The third kappa shape index (κ3) is 2.23. The van der Waals surface area contributed by atoms with Crippen LogP contribution in [0.4, 0.5) is 0 Å². The number of phenols is 2. The molecule has 2 aromatic carbocycles. The predicted molar refractivity (Wildman–Crippen MR) is 83.5 cm³/mol. The molecular weight excluding hydrogens is 264 g/mol. The lowest BCUT2D eigenvalue weighted by Crippen LogP contribution is -2.22. The number of benzene rings is 2. The molecule has 4 nitrogen and oxygen atoms in total. The van der Waals surface area contributed by atoms with Gasteiger partial charge in [0.05, 0.1) is 16.6 Å². The van der Waals surface area contributed by atoms with Crippen LogP contribution in [0.25, 0.3) is 22.4 Å². The summed E-state index contributed by atoms with van der Waals surface area (Å²) in [5.41, 5.74) is 2.33. The number of nitrogens with zero attached hydrogens (tertiary/aromatic N) is 2. The summed E-state index contributed by atoms with van der Waals surface area (Å²) in [6, 6.07) is 12.5. The van der Waals surface area contributed by atoms with Gasteiger partial charge in [-0.3, -0.25) is 0 Å². The molecule has 2 N–H and O–H groups in total. The highest BCUT2D eigenvalue weighted by Gasteiger charge is 2.23. The Kier molecular flexibility index (Phi) is 2.90. The fraction of sp³-hybridized carbons (Fsp3) is 0.235. The van der Waals surface area contributed by atoms with E-state index in [1.165, 1.54) is 6.07 Å². The summed E-state index contributed by atoms with van der Waals surface area (Å²) >= 11 is 0. The van der Waals surface area contributed by atoms with Gasteiger partial charge in [0.25, 0.3) is 0 Å². The molecule has 0 unspecified atom stereocenters. The Balaban J connectivity index is 2.37. The number of para-hydroxylation sites is 2. The van der Waals surface area contributed by atoms with E-state index in [9.17, 15) is 10.2 Å². The van der Waals surface area contributed by atoms with Gasteiger partial charge in [-0.2, -0.15) is 0 Å². The molecule has 0 spiro atoms. The average Bonchev–Trinajstić information content (AvgIpc) is 2.77. The number of rotatable bonds is 1. The highest BCUT2D eigenvalue weighted by Crippen LogP contribution is 2.36.